The number of epoxide rings is 9. The van der Waals surface area contributed by atoms with E-state index in [9.17, 15) is 0 Å². The van der Waals surface area contributed by atoms with Crippen molar-refractivity contribution in [1.29, 1.82) is 0 Å². The first-order valence-corrected chi connectivity index (χ1v) is 45.9. The van der Waals surface area contributed by atoms with Crippen LogP contribution in [0.5, 0.6) is 17.2 Å². The second kappa shape index (κ2) is 36.8. The molecule has 3 aromatic carbocycles. The zero-order valence-corrected chi connectivity index (χ0v) is 72.6. The lowest BCUT2D eigenvalue weighted by Gasteiger charge is -2.40. The number of fused-ring (bicyclic) bond motifs is 6. The summed E-state index contributed by atoms with van der Waals surface area (Å²) in [6, 6.07) is 27.5. The molecule has 20 unspecified atom stereocenters. The van der Waals surface area contributed by atoms with Crippen LogP contribution in [0.25, 0.3) is 0 Å². The molecule has 6 saturated carbocycles. The number of aryl methyl sites for hydroxylation is 1. The maximum atomic E-state index is 6.27. The number of hydrogen-bond donors (Lipinski definition) is 0. The average Bonchev–Trinajstić information content (AvgIpc) is 1.62. The van der Waals surface area contributed by atoms with E-state index in [1.807, 2.05) is 24.3 Å². The Morgan fingerprint density at radius 3 is 1.26 bits per heavy atom. The van der Waals surface area contributed by atoms with Crippen LogP contribution in [0.2, 0.25) is 22.7 Å². The molecule has 552 valence electrons. The van der Waals surface area contributed by atoms with E-state index in [4.69, 9.17) is 85.3 Å². The van der Waals surface area contributed by atoms with Gasteiger partial charge in [-0.3, -0.25) is 0 Å². The molecular weight excluding hydrogens is 1360 g/mol. The summed E-state index contributed by atoms with van der Waals surface area (Å²) in [5, 5.41) is 1.39. The second-order valence-corrected chi connectivity index (χ2v) is 39.3. The monoisotopic (exact) mass is 1480 g/mol. The van der Waals surface area contributed by atoms with Gasteiger partial charge in [-0.05, 0) is 140 Å². The third kappa shape index (κ3) is 24.7. The topological polar surface area (TPSA) is 196 Å². The molecule has 0 N–H and O–H groups in total. The van der Waals surface area contributed by atoms with Gasteiger partial charge in [-0.2, -0.15) is 0 Å². The lowest BCUT2D eigenvalue weighted by atomic mass is 9.74. The molecular formula is C75H120O18Si6. The zero-order chi connectivity index (χ0) is 68.0. The molecule has 24 heteroatoms. The molecule has 6 aliphatic carbocycles. The van der Waals surface area contributed by atoms with E-state index in [1.54, 1.807) is 0 Å². The Morgan fingerprint density at radius 2 is 0.848 bits per heavy atom. The van der Waals surface area contributed by atoms with Crippen molar-refractivity contribution in [3.05, 3.63) is 83.9 Å². The van der Waals surface area contributed by atoms with Gasteiger partial charge in [0.05, 0.1) is 138 Å². The highest BCUT2D eigenvalue weighted by molar-refractivity contribution is 6.32. The minimum atomic E-state index is 0.287. The molecule has 3 aromatic rings. The van der Waals surface area contributed by atoms with Crippen molar-refractivity contribution in [3.63, 3.8) is 0 Å². The fraction of sp³-hybridized carbons (Fsp3) is 0.760. The van der Waals surface area contributed by atoms with Crippen LogP contribution < -0.4 is 19.4 Å². The van der Waals surface area contributed by atoms with Crippen molar-refractivity contribution >= 4 is 66.6 Å². The molecule has 9 heterocycles. The van der Waals surface area contributed by atoms with Gasteiger partial charge in [-0.1, -0.05) is 77.1 Å². The van der Waals surface area contributed by atoms with Crippen molar-refractivity contribution in [1.82, 2.24) is 0 Å². The summed E-state index contributed by atoms with van der Waals surface area (Å²) in [6.07, 6.45) is 17.3. The average molecular weight is 1480 g/mol. The van der Waals surface area contributed by atoms with Crippen LogP contribution in [0.3, 0.4) is 0 Å². The van der Waals surface area contributed by atoms with Crippen LogP contribution in [0, 0.1) is 52.3 Å². The largest absolute Gasteiger partial charge is 0.491 e. The van der Waals surface area contributed by atoms with E-state index in [-0.39, 0.29) is 5.41 Å². The Labute approximate surface area is 607 Å². The van der Waals surface area contributed by atoms with E-state index in [1.165, 1.54) is 137 Å². The van der Waals surface area contributed by atoms with Gasteiger partial charge in [0.15, 0.2) is 0 Å². The number of hydrogen-bond acceptors (Lipinski definition) is 18. The van der Waals surface area contributed by atoms with Crippen molar-refractivity contribution < 1.29 is 85.3 Å². The molecule has 15 fully saturated rings. The summed E-state index contributed by atoms with van der Waals surface area (Å²) in [6.45, 7) is 19.1. The van der Waals surface area contributed by atoms with Crippen molar-refractivity contribution in [2.24, 2.45) is 52.3 Å². The predicted octanol–water partition coefficient (Wildman–Crippen LogP) is 1.74. The molecule has 18 rings (SSSR count). The zero-order valence-electron chi connectivity index (χ0n) is 60.6. The normalized spacial score (nSPS) is 37.6. The van der Waals surface area contributed by atoms with E-state index < -0.39 is 0 Å². The molecule has 15 aliphatic rings. The predicted molar refractivity (Wildman–Crippen MR) is 401 cm³/mol. The summed E-state index contributed by atoms with van der Waals surface area (Å²) in [7, 11) is 7.61. The van der Waals surface area contributed by atoms with Crippen LogP contribution in [0.4, 0.5) is 0 Å². The lowest BCUT2D eigenvalue weighted by molar-refractivity contribution is -0.0569. The fourth-order valence-electron chi connectivity index (χ4n) is 16.8. The second-order valence-electron chi connectivity index (χ2n) is 32.0. The molecule has 18 nitrogen and oxygen atoms in total. The standard InChI is InChI=1S/3C15H26O4Si.C11H16O2Si.C10H14O2Si.C9H12O2Si/c20-14-2-11-1-10(14)3-15(11,8-16-4-12-6-18-12)9-17-5-13-7-19-13;20-14-2-10-1-13(14)15(3-10,8-16-4-11-6-18-11)9-17-5-12-7-19-12;20-14-4-9-3-12(14)15(17-2-1-10-6-18-10)13(9)8-16-5-11-7-19-11;14-6-5-9-1-3-10(4-2-9)12-7-11-8-13-11;13-7-8-1-3-9(4-2-8)11-5-10-6-12-10;12-9-3-1-7(2-4-9)10-5-8-6-11-8/h2*10-14H,1-9H2,20H3;9-15H,1-8H2,20H3;1-4,11H,5-8H2,14H3;1-4,10H,5-7H2,13H3;1-4,8H,5-6H2,12H3. The minimum absolute atomic E-state index is 0.287. The Morgan fingerprint density at radius 1 is 0.404 bits per heavy atom. The van der Waals surface area contributed by atoms with Crippen LogP contribution in [0.1, 0.15) is 68.9 Å². The minimum Gasteiger partial charge on any atom is -0.491 e. The van der Waals surface area contributed by atoms with Gasteiger partial charge < -0.3 is 85.3 Å². The Balaban J connectivity index is 0.000000108. The van der Waals surface area contributed by atoms with Crippen LogP contribution >= 0.6 is 0 Å². The van der Waals surface area contributed by atoms with E-state index in [2.05, 4.69) is 48.5 Å². The molecule has 99 heavy (non-hydrogen) atoms. The maximum absolute atomic E-state index is 6.27. The third-order valence-electron chi connectivity index (χ3n) is 23.4. The number of rotatable bonds is 36. The Kier molecular flexibility index (Phi) is 27.9. The molecule has 9 aliphatic heterocycles. The van der Waals surface area contributed by atoms with E-state index >= 15 is 0 Å². The highest BCUT2D eigenvalue weighted by Crippen LogP contribution is 2.62. The van der Waals surface area contributed by atoms with Crippen molar-refractivity contribution in [3.8, 4) is 17.2 Å². The molecule has 6 bridgehead atoms. The van der Waals surface area contributed by atoms with Crippen LogP contribution in [0.15, 0.2) is 72.8 Å². The summed E-state index contributed by atoms with van der Waals surface area (Å²) >= 11 is 0. The summed E-state index contributed by atoms with van der Waals surface area (Å²) in [4.78, 5) is 0. The molecule has 0 spiro atoms. The molecule has 0 aromatic heterocycles. The van der Waals surface area contributed by atoms with Crippen molar-refractivity contribution in [2.45, 2.75) is 154 Å². The van der Waals surface area contributed by atoms with E-state index in [0.717, 1.165) is 218 Å². The van der Waals surface area contributed by atoms with Crippen molar-refractivity contribution in [2.75, 3.05) is 152 Å². The van der Waals surface area contributed by atoms with E-state index in [0.29, 0.717) is 92.2 Å². The smallest absolute Gasteiger partial charge is 0.119 e. The first-order valence-electron chi connectivity index (χ1n) is 38.6. The summed E-state index contributed by atoms with van der Waals surface area (Å²) in [5.41, 5.74) is 6.36. The first kappa shape index (κ1) is 75.0. The quantitative estimate of drug-likeness (QED) is 0.0603. The third-order valence-corrected chi connectivity index (χ3v) is 29.4. The first-order chi connectivity index (χ1) is 48.4. The van der Waals surface area contributed by atoms with Crippen LogP contribution in [-0.2, 0) is 83.5 Å². The Bertz CT molecular complexity index is 2800. The fourth-order valence-corrected chi connectivity index (χ4v) is 22.1. The van der Waals surface area contributed by atoms with Gasteiger partial charge in [0.1, 0.15) is 85.9 Å². The van der Waals surface area contributed by atoms with Crippen LogP contribution in [-0.4, -0.2) is 274 Å². The molecule has 0 amide bonds. The van der Waals surface area contributed by atoms with Gasteiger partial charge in [-0.25, -0.2) is 0 Å². The van der Waals surface area contributed by atoms with Gasteiger partial charge in [0.2, 0.25) is 0 Å². The highest BCUT2D eigenvalue weighted by Gasteiger charge is 2.56. The maximum Gasteiger partial charge on any atom is 0.119 e. The van der Waals surface area contributed by atoms with Gasteiger partial charge in [0.25, 0.3) is 0 Å². The molecule has 20 atom stereocenters. The SMILES string of the molecule is [SiH3]C1CC2CC1C(COCC1CO1)(COCC1CO1)C2.[SiH3]C1CC2CC1C(OCCC1CO1)C2COCC1CO1.[SiH3]C1CC2CC1CC2(COCC1CO1)COCC1CO1.[SiH3]CCc1ccc(OCC2CO2)cc1.[SiH3]Cc1ccc(OCC2CO2)cc1.[SiH3]c1ccc(OCC2CO2)cc1. The summed E-state index contributed by atoms with van der Waals surface area (Å²) < 4.78 is 99.3. The number of ether oxygens (including phenoxy) is 18. The lowest BCUT2D eigenvalue weighted by Crippen LogP contribution is -2.40. The Hall–Kier alpha value is -2.24. The molecule has 9 saturated heterocycles. The summed E-state index contributed by atoms with van der Waals surface area (Å²) in [5.74, 6) is 8.72. The van der Waals surface area contributed by atoms with Gasteiger partial charge in [-0.15, -0.1) is 0 Å². The number of benzene rings is 3. The molecule has 0 radical (unpaired) electrons. The van der Waals surface area contributed by atoms with Gasteiger partial charge in [0, 0.05) is 84.8 Å². The highest BCUT2D eigenvalue weighted by atomic mass is 28.2. The van der Waals surface area contributed by atoms with Gasteiger partial charge >= 0.3 is 0 Å².